The molecule has 0 aliphatic carbocycles. The summed E-state index contributed by atoms with van der Waals surface area (Å²) < 4.78 is 14.7. The molecule has 0 aliphatic heterocycles. The molecule has 80 valence electrons. The lowest BCUT2D eigenvalue weighted by Crippen LogP contribution is -2.23. The summed E-state index contributed by atoms with van der Waals surface area (Å²) in [6.45, 7) is 5.42. The first-order valence-corrected chi connectivity index (χ1v) is 4.77. The summed E-state index contributed by atoms with van der Waals surface area (Å²) in [6, 6.07) is 0.0201. The molecule has 2 aromatic rings. The molecule has 5 heteroatoms. The standard InChI is InChI=1S/C10H12FN3O/c1-5(2)14-4-7-6(3)8(11)12-9(7)13-10(14)15/h4-5H,1-3H3,(H,12,13,15). The first-order chi connectivity index (χ1) is 7.00. The Kier molecular flexibility index (Phi) is 2.10. The fourth-order valence-corrected chi connectivity index (χ4v) is 1.52. The van der Waals surface area contributed by atoms with Crippen molar-refractivity contribution >= 4 is 11.0 Å². The largest absolute Gasteiger partial charge is 0.349 e. The maximum atomic E-state index is 13.2. The van der Waals surface area contributed by atoms with Gasteiger partial charge in [0.25, 0.3) is 0 Å². The number of aromatic amines is 1. The average molecular weight is 209 g/mol. The summed E-state index contributed by atoms with van der Waals surface area (Å²) >= 11 is 0. The van der Waals surface area contributed by atoms with Gasteiger partial charge >= 0.3 is 5.69 Å². The third-order valence-electron chi connectivity index (χ3n) is 2.47. The van der Waals surface area contributed by atoms with Crippen LogP contribution in [0, 0.1) is 12.9 Å². The molecule has 0 saturated carbocycles. The Morgan fingerprint density at radius 3 is 2.80 bits per heavy atom. The van der Waals surface area contributed by atoms with Gasteiger partial charge in [-0.3, -0.25) is 4.57 Å². The maximum absolute atomic E-state index is 13.2. The summed E-state index contributed by atoms with van der Waals surface area (Å²) in [7, 11) is 0. The Labute approximate surface area is 85.8 Å². The zero-order valence-corrected chi connectivity index (χ0v) is 8.84. The average Bonchev–Trinajstić information content (AvgIpc) is 2.41. The molecule has 4 nitrogen and oxygen atoms in total. The van der Waals surface area contributed by atoms with Gasteiger partial charge in [0.2, 0.25) is 0 Å². The maximum Gasteiger partial charge on any atom is 0.349 e. The van der Waals surface area contributed by atoms with E-state index < -0.39 is 5.95 Å². The lowest BCUT2D eigenvalue weighted by Gasteiger charge is -2.07. The highest BCUT2D eigenvalue weighted by Gasteiger charge is 2.11. The van der Waals surface area contributed by atoms with E-state index in [1.807, 2.05) is 13.8 Å². The Morgan fingerprint density at radius 1 is 1.53 bits per heavy atom. The van der Waals surface area contributed by atoms with Crippen LogP contribution < -0.4 is 5.69 Å². The van der Waals surface area contributed by atoms with Crippen molar-refractivity contribution in [1.82, 2.24) is 14.5 Å². The number of rotatable bonds is 1. The van der Waals surface area contributed by atoms with Crippen LogP contribution in [0.4, 0.5) is 4.39 Å². The molecule has 15 heavy (non-hydrogen) atoms. The van der Waals surface area contributed by atoms with E-state index in [0.29, 0.717) is 16.6 Å². The quantitative estimate of drug-likeness (QED) is 0.777. The van der Waals surface area contributed by atoms with Gasteiger partial charge in [0.05, 0.1) is 0 Å². The number of halogens is 1. The van der Waals surface area contributed by atoms with Crippen molar-refractivity contribution in [2.45, 2.75) is 26.8 Å². The van der Waals surface area contributed by atoms with E-state index in [4.69, 9.17) is 0 Å². The molecular weight excluding hydrogens is 197 g/mol. The zero-order chi connectivity index (χ0) is 11.2. The van der Waals surface area contributed by atoms with Crippen LogP contribution in [0.1, 0.15) is 25.5 Å². The first-order valence-electron chi connectivity index (χ1n) is 4.77. The lowest BCUT2D eigenvalue weighted by molar-refractivity contribution is 0.568. The summed E-state index contributed by atoms with van der Waals surface area (Å²) in [5.74, 6) is -0.432. The van der Waals surface area contributed by atoms with Gasteiger partial charge in [-0.2, -0.15) is 9.37 Å². The highest BCUT2D eigenvalue weighted by atomic mass is 19.1. The van der Waals surface area contributed by atoms with E-state index in [-0.39, 0.29) is 11.7 Å². The van der Waals surface area contributed by atoms with Gasteiger partial charge in [0.15, 0.2) is 5.95 Å². The van der Waals surface area contributed by atoms with Crippen LogP contribution in [0.15, 0.2) is 11.0 Å². The second kappa shape index (κ2) is 3.18. The minimum atomic E-state index is -0.432. The Bertz CT molecular complexity index is 568. The monoisotopic (exact) mass is 209 g/mol. The van der Waals surface area contributed by atoms with E-state index in [0.717, 1.165) is 0 Å². The molecule has 1 N–H and O–H groups in total. The minimum Gasteiger partial charge on any atom is -0.316 e. The van der Waals surface area contributed by atoms with Crippen molar-refractivity contribution in [3.05, 3.63) is 28.2 Å². The lowest BCUT2D eigenvalue weighted by atomic mass is 10.2. The van der Waals surface area contributed by atoms with Crippen LogP contribution in [0.3, 0.4) is 0 Å². The number of aryl methyl sites for hydroxylation is 1. The predicted molar refractivity (Wildman–Crippen MR) is 55.4 cm³/mol. The Balaban J connectivity index is 2.83. The summed E-state index contributed by atoms with van der Waals surface area (Å²) in [5.41, 5.74) is 0.442. The molecule has 0 atom stereocenters. The first kappa shape index (κ1) is 9.89. The van der Waals surface area contributed by atoms with Gasteiger partial charge in [-0.25, -0.2) is 4.79 Å². The SMILES string of the molecule is Cc1c(F)[nH]c2nc(=O)n(C(C)C)cc12. The van der Waals surface area contributed by atoms with Crippen molar-refractivity contribution in [2.75, 3.05) is 0 Å². The molecule has 0 unspecified atom stereocenters. The van der Waals surface area contributed by atoms with E-state index in [2.05, 4.69) is 9.97 Å². The summed E-state index contributed by atoms with van der Waals surface area (Å²) in [6.07, 6.45) is 1.64. The summed E-state index contributed by atoms with van der Waals surface area (Å²) in [5, 5.41) is 0.654. The number of H-pyrrole nitrogens is 1. The molecular formula is C10H12FN3O. The number of nitrogens with zero attached hydrogens (tertiary/aromatic N) is 2. The minimum absolute atomic E-state index is 0.0201. The molecule has 0 fully saturated rings. The predicted octanol–water partition coefficient (Wildman–Crippen LogP) is 1.75. The van der Waals surface area contributed by atoms with E-state index in [1.165, 1.54) is 4.57 Å². The van der Waals surface area contributed by atoms with E-state index in [1.54, 1.807) is 13.1 Å². The van der Waals surface area contributed by atoms with Crippen LogP contribution in [-0.4, -0.2) is 14.5 Å². The van der Waals surface area contributed by atoms with Gasteiger partial charge < -0.3 is 4.98 Å². The highest BCUT2D eigenvalue weighted by molar-refractivity contribution is 5.78. The molecule has 0 amide bonds. The highest BCUT2D eigenvalue weighted by Crippen LogP contribution is 2.17. The second-order valence-electron chi connectivity index (χ2n) is 3.85. The number of nitrogens with one attached hydrogen (secondary N) is 1. The molecule has 0 spiro atoms. The van der Waals surface area contributed by atoms with Gasteiger partial charge in [0, 0.05) is 23.2 Å². The number of hydrogen-bond acceptors (Lipinski definition) is 2. The van der Waals surface area contributed by atoms with Crippen molar-refractivity contribution in [3.8, 4) is 0 Å². The van der Waals surface area contributed by atoms with Crippen LogP contribution in [-0.2, 0) is 0 Å². The second-order valence-corrected chi connectivity index (χ2v) is 3.85. The fraction of sp³-hybridized carbons (Fsp3) is 0.400. The third kappa shape index (κ3) is 1.44. The molecule has 0 saturated heterocycles. The smallest absolute Gasteiger partial charge is 0.316 e. The molecule has 0 radical (unpaired) electrons. The number of fused-ring (bicyclic) bond motifs is 1. The normalized spacial score (nSPS) is 11.5. The third-order valence-corrected chi connectivity index (χ3v) is 2.47. The van der Waals surface area contributed by atoms with Crippen LogP contribution in [0.25, 0.3) is 11.0 Å². The number of aromatic nitrogens is 3. The van der Waals surface area contributed by atoms with Gasteiger partial charge in [-0.15, -0.1) is 0 Å². The Morgan fingerprint density at radius 2 is 2.20 bits per heavy atom. The van der Waals surface area contributed by atoms with Crippen molar-refractivity contribution in [2.24, 2.45) is 0 Å². The van der Waals surface area contributed by atoms with Crippen molar-refractivity contribution in [3.63, 3.8) is 0 Å². The zero-order valence-electron chi connectivity index (χ0n) is 8.84. The van der Waals surface area contributed by atoms with Gasteiger partial charge in [0.1, 0.15) is 5.65 Å². The van der Waals surface area contributed by atoms with Crippen molar-refractivity contribution in [1.29, 1.82) is 0 Å². The van der Waals surface area contributed by atoms with E-state index in [9.17, 15) is 9.18 Å². The van der Waals surface area contributed by atoms with Crippen LogP contribution in [0.2, 0.25) is 0 Å². The molecule has 0 bridgehead atoms. The fourth-order valence-electron chi connectivity index (χ4n) is 1.52. The van der Waals surface area contributed by atoms with Crippen molar-refractivity contribution < 1.29 is 4.39 Å². The molecule has 2 heterocycles. The summed E-state index contributed by atoms with van der Waals surface area (Å²) in [4.78, 5) is 17.7. The van der Waals surface area contributed by atoms with Crippen LogP contribution >= 0.6 is 0 Å². The molecule has 2 rings (SSSR count). The molecule has 2 aromatic heterocycles. The Hall–Kier alpha value is -1.65. The van der Waals surface area contributed by atoms with E-state index >= 15 is 0 Å². The van der Waals surface area contributed by atoms with Crippen LogP contribution in [0.5, 0.6) is 0 Å². The van der Waals surface area contributed by atoms with Gasteiger partial charge in [-0.1, -0.05) is 0 Å². The van der Waals surface area contributed by atoms with Gasteiger partial charge in [-0.05, 0) is 20.8 Å². The molecule has 0 aliphatic rings. The topological polar surface area (TPSA) is 50.7 Å². The number of hydrogen-bond donors (Lipinski definition) is 1. The molecule has 0 aromatic carbocycles.